The summed E-state index contributed by atoms with van der Waals surface area (Å²) in [6.07, 6.45) is -1.22. The molecule has 0 radical (unpaired) electrons. The molecule has 0 amide bonds. The Bertz CT molecular complexity index is 859. The fourth-order valence-corrected chi connectivity index (χ4v) is 3.51. The Kier molecular flexibility index (Phi) is 6.60. The van der Waals surface area contributed by atoms with Crippen LogP contribution in [0.5, 0.6) is 0 Å². The van der Waals surface area contributed by atoms with Crippen LogP contribution in [0.15, 0.2) is 53.8 Å². The van der Waals surface area contributed by atoms with Gasteiger partial charge in [0.25, 0.3) is 0 Å². The summed E-state index contributed by atoms with van der Waals surface area (Å²) in [4.78, 5) is 11.9. The lowest BCUT2D eigenvalue weighted by Gasteiger charge is -2.36. The van der Waals surface area contributed by atoms with Gasteiger partial charge in [-0.05, 0) is 23.6 Å². The van der Waals surface area contributed by atoms with Crippen LogP contribution in [-0.4, -0.2) is 55.3 Å². The predicted octanol–water partition coefficient (Wildman–Crippen LogP) is 1.94. The van der Waals surface area contributed by atoms with Crippen LogP contribution in [0, 0.1) is 11.5 Å². The van der Waals surface area contributed by atoms with E-state index in [1.165, 1.54) is 12.2 Å². The molecule has 154 valence electrons. The van der Waals surface area contributed by atoms with Gasteiger partial charge in [-0.1, -0.05) is 50.0 Å². The first-order chi connectivity index (χ1) is 13.7. The van der Waals surface area contributed by atoms with E-state index < -0.39 is 38.5 Å². The number of ether oxygens (including phenoxy) is 3. The summed E-state index contributed by atoms with van der Waals surface area (Å²) in [7, 11) is -1.67. The number of allylic oxidation sites excluding steroid dienone is 1. The number of cyclic esters (lactones) is 1. The fraction of sp³-hybridized carbons (Fsp3) is 0.409. The van der Waals surface area contributed by atoms with E-state index in [9.17, 15) is 15.0 Å². The Morgan fingerprint density at radius 2 is 2.00 bits per heavy atom. The zero-order chi connectivity index (χ0) is 21.0. The number of esters is 1. The summed E-state index contributed by atoms with van der Waals surface area (Å²) < 4.78 is 16.7. The molecule has 0 saturated carbocycles. The molecular formula is C22H26O6Si. The number of carbonyl (C=O) groups is 1. The van der Waals surface area contributed by atoms with Crippen molar-refractivity contribution >= 4 is 14.0 Å². The Labute approximate surface area is 171 Å². The zero-order valence-corrected chi connectivity index (χ0v) is 17.8. The number of aliphatic hydroxyl groups is 2. The summed E-state index contributed by atoms with van der Waals surface area (Å²) in [5, 5.41) is 21.5. The van der Waals surface area contributed by atoms with Crippen LogP contribution in [0.1, 0.15) is 5.56 Å². The second-order valence-corrected chi connectivity index (χ2v) is 12.8. The highest BCUT2D eigenvalue weighted by Gasteiger charge is 2.43. The van der Waals surface area contributed by atoms with Gasteiger partial charge in [0, 0.05) is 0 Å². The zero-order valence-electron chi connectivity index (χ0n) is 16.8. The van der Waals surface area contributed by atoms with Gasteiger partial charge in [-0.25, -0.2) is 4.79 Å². The lowest BCUT2D eigenvalue weighted by molar-refractivity contribution is -0.148. The summed E-state index contributed by atoms with van der Waals surface area (Å²) in [6.45, 7) is 6.61. The molecule has 29 heavy (non-hydrogen) atoms. The first-order valence-corrected chi connectivity index (χ1v) is 13.0. The number of hydrogen-bond donors (Lipinski definition) is 2. The van der Waals surface area contributed by atoms with Crippen molar-refractivity contribution in [2.75, 3.05) is 6.61 Å². The van der Waals surface area contributed by atoms with Gasteiger partial charge in [-0.15, -0.1) is 5.54 Å². The van der Waals surface area contributed by atoms with Gasteiger partial charge < -0.3 is 24.4 Å². The van der Waals surface area contributed by atoms with Gasteiger partial charge in [-0.3, -0.25) is 0 Å². The Balaban J connectivity index is 1.84. The van der Waals surface area contributed by atoms with Crippen LogP contribution in [0.4, 0.5) is 0 Å². The van der Waals surface area contributed by atoms with Crippen molar-refractivity contribution in [1.82, 2.24) is 0 Å². The topological polar surface area (TPSA) is 85.2 Å². The molecule has 2 aliphatic heterocycles. The molecule has 0 aliphatic carbocycles. The average Bonchev–Trinajstić information content (AvgIpc) is 3.10. The molecule has 6 nitrogen and oxygen atoms in total. The molecule has 1 aromatic rings. The summed E-state index contributed by atoms with van der Waals surface area (Å²) >= 11 is 0. The van der Waals surface area contributed by atoms with Crippen LogP contribution < -0.4 is 0 Å². The average molecular weight is 415 g/mol. The number of benzene rings is 1. The van der Waals surface area contributed by atoms with Gasteiger partial charge in [0.1, 0.15) is 33.0 Å². The van der Waals surface area contributed by atoms with Gasteiger partial charge in [0.15, 0.2) is 11.9 Å². The molecule has 2 aliphatic rings. The number of rotatable bonds is 5. The first kappa shape index (κ1) is 21.3. The van der Waals surface area contributed by atoms with E-state index in [0.29, 0.717) is 0 Å². The standard InChI is InChI=1S/C22H26O6Si/c1-29(2,3)12-10-16-13-18(23)20(27-14-15-7-5-4-6-8-15)21(28-16)19(24)17-9-11-26-22(17)25/h4-9,13,18-21,23-24H,11,14H2,1-3H3/t18-,19+,20+,21-/m1/s1. The van der Waals surface area contributed by atoms with E-state index in [1.807, 2.05) is 30.3 Å². The molecule has 0 spiro atoms. The van der Waals surface area contributed by atoms with Gasteiger partial charge in [0.2, 0.25) is 0 Å². The molecule has 1 aromatic carbocycles. The van der Waals surface area contributed by atoms with Crippen LogP contribution in [0.3, 0.4) is 0 Å². The molecule has 3 rings (SSSR count). The number of aliphatic hydroxyl groups excluding tert-OH is 2. The van der Waals surface area contributed by atoms with E-state index >= 15 is 0 Å². The van der Waals surface area contributed by atoms with Crippen molar-refractivity contribution in [3.8, 4) is 11.5 Å². The fourth-order valence-electron chi connectivity index (χ4n) is 3.01. The quantitative estimate of drug-likeness (QED) is 0.435. The highest BCUT2D eigenvalue weighted by molar-refractivity contribution is 6.83. The minimum atomic E-state index is -1.67. The van der Waals surface area contributed by atoms with Gasteiger partial charge in [-0.2, -0.15) is 0 Å². The Morgan fingerprint density at radius 3 is 2.62 bits per heavy atom. The van der Waals surface area contributed by atoms with E-state index in [2.05, 4.69) is 31.1 Å². The van der Waals surface area contributed by atoms with Crippen LogP contribution in [0.25, 0.3) is 0 Å². The first-order valence-electron chi connectivity index (χ1n) is 9.55. The molecule has 2 N–H and O–H groups in total. The molecule has 0 bridgehead atoms. The third-order valence-corrected chi connectivity index (χ3v) is 5.35. The molecule has 0 aromatic heterocycles. The van der Waals surface area contributed by atoms with E-state index in [1.54, 1.807) is 0 Å². The Hall–Kier alpha value is -2.37. The minimum absolute atomic E-state index is 0.105. The molecule has 0 fully saturated rings. The van der Waals surface area contributed by atoms with E-state index in [0.717, 1.165) is 5.56 Å². The predicted molar refractivity (Wildman–Crippen MR) is 110 cm³/mol. The molecule has 4 atom stereocenters. The smallest absolute Gasteiger partial charge is 0.336 e. The van der Waals surface area contributed by atoms with Crippen molar-refractivity contribution in [2.45, 2.75) is 50.7 Å². The largest absolute Gasteiger partial charge is 0.477 e. The lowest BCUT2D eigenvalue weighted by Crippen LogP contribution is -2.50. The highest BCUT2D eigenvalue weighted by atomic mass is 28.3. The minimum Gasteiger partial charge on any atom is -0.477 e. The van der Waals surface area contributed by atoms with Crippen molar-refractivity contribution in [1.29, 1.82) is 0 Å². The second-order valence-electron chi connectivity index (χ2n) is 8.07. The SMILES string of the molecule is C[Si](C)(C)C#CC1=C[C@@H](O)[C@H](OCc2ccccc2)[C@@H]([C@@H](O)C2=CCOC2=O)O1. The van der Waals surface area contributed by atoms with Crippen molar-refractivity contribution < 1.29 is 29.2 Å². The van der Waals surface area contributed by atoms with Crippen molar-refractivity contribution in [3.63, 3.8) is 0 Å². The van der Waals surface area contributed by atoms with Gasteiger partial charge in [0.05, 0.1) is 12.2 Å². The Morgan fingerprint density at radius 1 is 1.28 bits per heavy atom. The highest BCUT2D eigenvalue weighted by Crippen LogP contribution is 2.28. The van der Waals surface area contributed by atoms with Crippen LogP contribution >= 0.6 is 0 Å². The van der Waals surface area contributed by atoms with Crippen molar-refractivity contribution in [3.05, 3.63) is 59.4 Å². The lowest BCUT2D eigenvalue weighted by atomic mass is 9.94. The molecular weight excluding hydrogens is 388 g/mol. The van der Waals surface area contributed by atoms with Crippen molar-refractivity contribution in [2.24, 2.45) is 0 Å². The number of carbonyl (C=O) groups excluding carboxylic acids is 1. The maximum atomic E-state index is 11.9. The van der Waals surface area contributed by atoms with E-state index in [-0.39, 0.29) is 24.5 Å². The summed E-state index contributed by atoms with van der Waals surface area (Å²) in [5.41, 5.74) is 4.20. The molecule has 7 heteroatoms. The number of hydrogen-bond acceptors (Lipinski definition) is 6. The third kappa shape index (κ3) is 5.58. The molecule has 0 unspecified atom stereocenters. The summed E-state index contributed by atoms with van der Waals surface area (Å²) in [6, 6.07) is 9.49. The maximum Gasteiger partial charge on any atom is 0.336 e. The van der Waals surface area contributed by atoms with E-state index in [4.69, 9.17) is 14.2 Å². The summed E-state index contributed by atoms with van der Waals surface area (Å²) in [5.74, 6) is 2.64. The maximum absolute atomic E-state index is 11.9. The van der Waals surface area contributed by atoms with Crippen LogP contribution in [-0.2, 0) is 25.6 Å². The monoisotopic (exact) mass is 414 g/mol. The second kappa shape index (κ2) is 8.97. The van der Waals surface area contributed by atoms with Crippen LogP contribution in [0.2, 0.25) is 19.6 Å². The molecule has 0 saturated heterocycles. The third-order valence-electron chi connectivity index (χ3n) is 4.47. The van der Waals surface area contributed by atoms with Gasteiger partial charge >= 0.3 is 5.97 Å². The molecule has 2 heterocycles. The normalized spacial score (nSPS) is 25.1.